The largest absolute Gasteiger partial charge is 0.478 e. The van der Waals surface area contributed by atoms with Crippen molar-refractivity contribution in [1.82, 2.24) is 4.98 Å². The first-order valence-corrected chi connectivity index (χ1v) is 7.13. The predicted octanol–water partition coefficient (Wildman–Crippen LogP) is 3.25. The summed E-state index contributed by atoms with van der Waals surface area (Å²) in [5.41, 5.74) is 1.52. The van der Waals surface area contributed by atoms with Crippen LogP contribution in [0.3, 0.4) is 0 Å². The van der Waals surface area contributed by atoms with Crippen molar-refractivity contribution < 1.29 is 9.90 Å². The molecule has 0 aliphatic heterocycles. The zero-order chi connectivity index (χ0) is 12.3. The molecule has 1 heterocycles. The summed E-state index contributed by atoms with van der Waals surface area (Å²) in [6.45, 7) is 0. The third-order valence-corrected chi connectivity index (χ3v) is 5.57. The van der Waals surface area contributed by atoms with Crippen LogP contribution in [0, 0.1) is 23.7 Å². The second-order valence-electron chi connectivity index (χ2n) is 6.57. The third-order valence-electron chi connectivity index (χ3n) is 5.57. The number of carboxylic acids is 1. The number of carboxylic acid groups (broad SMARTS) is 1. The molecule has 96 valence electrons. The molecule has 3 heteroatoms. The van der Waals surface area contributed by atoms with Gasteiger partial charge in [-0.1, -0.05) is 0 Å². The summed E-state index contributed by atoms with van der Waals surface area (Å²) in [5.74, 6) is 3.05. The molecule has 0 atom stereocenters. The van der Waals surface area contributed by atoms with E-state index in [9.17, 15) is 9.90 Å². The highest BCUT2D eigenvalue weighted by Gasteiger charge is 2.49. The minimum Gasteiger partial charge on any atom is -0.478 e. The topological polar surface area (TPSA) is 53.1 Å². The number of rotatable bonds is 2. The highest BCUT2D eigenvalue weighted by molar-refractivity contribution is 5.89. The Bertz CT molecular complexity index is 462. The van der Waals surface area contributed by atoms with Gasteiger partial charge in [0.05, 0.1) is 5.56 Å². The molecule has 0 unspecified atom stereocenters. The quantitative estimate of drug-likeness (QED) is 0.840. The van der Waals surface area contributed by atoms with Crippen molar-refractivity contribution in [2.45, 2.75) is 38.0 Å². The van der Waals surface area contributed by atoms with E-state index in [2.05, 4.69) is 4.98 Å². The molecule has 2 N–H and O–H groups in total. The van der Waals surface area contributed by atoms with Gasteiger partial charge in [0.1, 0.15) is 0 Å². The Balaban J connectivity index is 1.72. The fraction of sp³-hybridized carbons (Fsp3) is 0.667. The Morgan fingerprint density at radius 3 is 2.28 bits per heavy atom. The monoisotopic (exact) mass is 245 g/mol. The van der Waals surface area contributed by atoms with Crippen molar-refractivity contribution in [3.63, 3.8) is 0 Å². The number of hydrogen-bond donors (Lipinski definition) is 2. The molecule has 5 rings (SSSR count). The lowest BCUT2D eigenvalue weighted by atomic mass is 9.51. The molecule has 1 aromatic rings. The van der Waals surface area contributed by atoms with Crippen LogP contribution in [-0.2, 0) is 0 Å². The van der Waals surface area contributed by atoms with Crippen molar-refractivity contribution in [2.75, 3.05) is 0 Å². The first-order chi connectivity index (χ1) is 8.72. The van der Waals surface area contributed by atoms with Crippen LogP contribution in [0.5, 0.6) is 0 Å². The Morgan fingerprint density at radius 2 is 1.72 bits per heavy atom. The van der Waals surface area contributed by atoms with Gasteiger partial charge in [0.2, 0.25) is 0 Å². The maximum Gasteiger partial charge on any atom is 0.337 e. The first kappa shape index (κ1) is 10.7. The van der Waals surface area contributed by atoms with Gasteiger partial charge in [-0.3, -0.25) is 0 Å². The predicted molar refractivity (Wildman–Crippen MR) is 67.5 cm³/mol. The number of nitrogens with one attached hydrogen (secondary N) is 1. The molecule has 0 radical (unpaired) electrons. The Kier molecular flexibility index (Phi) is 2.14. The smallest absolute Gasteiger partial charge is 0.337 e. The van der Waals surface area contributed by atoms with Crippen LogP contribution in [0.4, 0.5) is 0 Å². The van der Waals surface area contributed by atoms with E-state index in [0.29, 0.717) is 11.5 Å². The number of aromatic carboxylic acids is 1. The van der Waals surface area contributed by atoms with Gasteiger partial charge < -0.3 is 10.1 Å². The molecule has 18 heavy (non-hydrogen) atoms. The van der Waals surface area contributed by atoms with E-state index in [0.717, 1.165) is 29.4 Å². The van der Waals surface area contributed by atoms with Gasteiger partial charge in [0, 0.05) is 17.8 Å². The molecular weight excluding hydrogens is 226 g/mol. The molecular formula is C15H19NO2. The number of aromatic nitrogens is 1. The normalized spacial score (nSPS) is 41.2. The SMILES string of the molecule is O=C(O)c1cc[nH]c1C1C2CC3CC(C2)CC1C3. The summed E-state index contributed by atoms with van der Waals surface area (Å²) in [7, 11) is 0. The highest BCUT2D eigenvalue weighted by Crippen LogP contribution is 2.59. The lowest BCUT2D eigenvalue weighted by Gasteiger charge is -2.54. The molecule has 0 saturated heterocycles. The van der Waals surface area contributed by atoms with Crippen LogP contribution in [0.25, 0.3) is 0 Å². The zero-order valence-corrected chi connectivity index (χ0v) is 10.4. The van der Waals surface area contributed by atoms with Gasteiger partial charge in [0.15, 0.2) is 0 Å². The standard InChI is InChI=1S/C15H19NO2/c17-15(18)12-1-2-16-14(12)13-10-4-8-3-9(6-10)7-11(13)5-8/h1-2,8-11,13,16H,3-7H2,(H,17,18). The summed E-state index contributed by atoms with van der Waals surface area (Å²) in [6, 6.07) is 1.72. The second-order valence-corrected chi connectivity index (χ2v) is 6.57. The molecule has 4 aliphatic carbocycles. The van der Waals surface area contributed by atoms with Crippen LogP contribution in [0.15, 0.2) is 12.3 Å². The average molecular weight is 245 g/mol. The maximum atomic E-state index is 11.3. The summed E-state index contributed by atoms with van der Waals surface area (Å²) in [5, 5.41) is 9.29. The van der Waals surface area contributed by atoms with Gasteiger partial charge in [-0.25, -0.2) is 4.79 Å². The summed E-state index contributed by atoms with van der Waals surface area (Å²) in [6.07, 6.45) is 8.55. The number of carbonyl (C=O) groups is 1. The van der Waals surface area contributed by atoms with Crippen molar-refractivity contribution >= 4 is 5.97 Å². The Hall–Kier alpha value is -1.25. The van der Waals surface area contributed by atoms with Crippen molar-refractivity contribution in [3.8, 4) is 0 Å². The number of aromatic amines is 1. The van der Waals surface area contributed by atoms with E-state index < -0.39 is 5.97 Å². The fourth-order valence-electron chi connectivity index (χ4n) is 5.24. The molecule has 4 saturated carbocycles. The van der Waals surface area contributed by atoms with Gasteiger partial charge in [-0.15, -0.1) is 0 Å². The number of hydrogen-bond acceptors (Lipinski definition) is 1. The molecule has 4 fully saturated rings. The first-order valence-electron chi connectivity index (χ1n) is 7.13. The van der Waals surface area contributed by atoms with E-state index in [1.807, 2.05) is 0 Å². The van der Waals surface area contributed by atoms with Gasteiger partial charge >= 0.3 is 5.97 Å². The summed E-state index contributed by atoms with van der Waals surface area (Å²) >= 11 is 0. The summed E-state index contributed by atoms with van der Waals surface area (Å²) in [4.78, 5) is 14.5. The van der Waals surface area contributed by atoms with E-state index in [-0.39, 0.29) is 0 Å². The van der Waals surface area contributed by atoms with Gasteiger partial charge in [-0.05, 0) is 61.8 Å². The average Bonchev–Trinajstić information content (AvgIpc) is 2.76. The highest BCUT2D eigenvalue weighted by atomic mass is 16.4. The molecule has 1 aromatic heterocycles. The van der Waals surface area contributed by atoms with Crippen LogP contribution >= 0.6 is 0 Å². The minimum absolute atomic E-state index is 0.485. The number of H-pyrrole nitrogens is 1. The van der Waals surface area contributed by atoms with Crippen molar-refractivity contribution in [3.05, 3.63) is 23.5 Å². The Morgan fingerprint density at radius 1 is 1.11 bits per heavy atom. The zero-order valence-electron chi connectivity index (χ0n) is 10.4. The second kappa shape index (κ2) is 3.62. The van der Waals surface area contributed by atoms with Crippen LogP contribution in [0.2, 0.25) is 0 Å². The Labute approximate surface area is 107 Å². The fourth-order valence-corrected chi connectivity index (χ4v) is 5.24. The van der Waals surface area contributed by atoms with Gasteiger partial charge in [-0.2, -0.15) is 0 Å². The van der Waals surface area contributed by atoms with E-state index in [1.54, 1.807) is 12.3 Å². The maximum absolute atomic E-state index is 11.3. The molecule has 0 aromatic carbocycles. The van der Waals surface area contributed by atoms with Crippen LogP contribution < -0.4 is 0 Å². The van der Waals surface area contributed by atoms with E-state index in [1.165, 1.54) is 32.1 Å². The van der Waals surface area contributed by atoms with Crippen molar-refractivity contribution in [1.29, 1.82) is 0 Å². The van der Waals surface area contributed by atoms with Crippen LogP contribution in [0.1, 0.15) is 54.1 Å². The van der Waals surface area contributed by atoms with E-state index >= 15 is 0 Å². The molecule has 4 aliphatic rings. The molecule has 3 nitrogen and oxygen atoms in total. The molecule has 0 spiro atoms. The van der Waals surface area contributed by atoms with Gasteiger partial charge in [0.25, 0.3) is 0 Å². The molecule has 0 amide bonds. The lowest BCUT2D eigenvalue weighted by molar-refractivity contribution is -0.00436. The lowest BCUT2D eigenvalue weighted by Crippen LogP contribution is -2.44. The molecule has 4 bridgehead atoms. The minimum atomic E-state index is -0.778. The van der Waals surface area contributed by atoms with Crippen LogP contribution in [-0.4, -0.2) is 16.1 Å². The summed E-state index contributed by atoms with van der Waals surface area (Å²) < 4.78 is 0. The van der Waals surface area contributed by atoms with Crippen molar-refractivity contribution in [2.24, 2.45) is 23.7 Å². The third kappa shape index (κ3) is 1.39. The van der Waals surface area contributed by atoms with E-state index in [4.69, 9.17) is 0 Å².